The van der Waals surface area contributed by atoms with Gasteiger partial charge in [0.05, 0.1) is 23.0 Å². The molecule has 2 heterocycles. The van der Waals surface area contributed by atoms with Crippen molar-refractivity contribution in [3.05, 3.63) is 59.2 Å². The van der Waals surface area contributed by atoms with Crippen LogP contribution in [-0.4, -0.2) is 43.6 Å². The number of amides is 1. The highest BCUT2D eigenvalue weighted by atomic mass is 32.1. The molecule has 2 aromatic carbocycles. The summed E-state index contributed by atoms with van der Waals surface area (Å²) in [6.45, 7) is -0.665. The molecule has 0 saturated carbocycles. The third-order valence-corrected chi connectivity index (χ3v) is 5.12. The van der Waals surface area contributed by atoms with Crippen molar-refractivity contribution in [1.29, 1.82) is 0 Å². The minimum atomic E-state index is -1.26. The van der Waals surface area contributed by atoms with Gasteiger partial charge in [0.15, 0.2) is 11.6 Å². The van der Waals surface area contributed by atoms with Gasteiger partial charge in [-0.05, 0) is 24.3 Å². The monoisotopic (exact) mass is 442 g/mol. The smallest absolute Gasteiger partial charge is 0.322 e. The average Bonchev–Trinajstić information content (AvgIpc) is 3.28. The summed E-state index contributed by atoms with van der Waals surface area (Å²) in [5.74, 6) is -4.62. The van der Waals surface area contributed by atoms with Gasteiger partial charge in [0, 0.05) is 17.1 Å². The molecule has 0 unspecified atom stereocenters. The van der Waals surface area contributed by atoms with Crippen molar-refractivity contribution >= 4 is 34.2 Å². The fourth-order valence-electron chi connectivity index (χ4n) is 2.92. The first-order chi connectivity index (χ1) is 14.8. The van der Waals surface area contributed by atoms with Gasteiger partial charge in [0.25, 0.3) is 5.91 Å². The number of halogens is 2. The Morgan fingerprint density at radius 3 is 2.61 bits per heavy atom. The Morgan fingerprint density at radius 2 is 1.94 bits per heavy atom. The molecule has 0 aliphatic heterocycles. The number of carbonyl (C=O) groups excluding carboxylic acids is 1. The molecule has 3 N–H and O–H groups in total. The largest absolute Gasteiger partial charge is 0.506 e. The first kappa shape index (κ1) is 20.3. The van der Waals surface area contributed by atoms with E-state index in [1.807, 2.05) is 0 Å². The van der Waals surface area contributed by atoms with Crippen LogP contribution in [0.4, 0.5) is 8.78 Å². The van der Waals surface area contributed by atoms with E-state index in [4.69, 9.17) is 5.11 Å². The van der Waals surface area contributed by atoms with E-state index in [1.54, 1.807) is 5.38 Å². The lowest BCUT2D eigenvalue weighted by molar-refractivity contribution is -0.135. The molecule has 11 heteroatoms. The summed E-state index contributed by atoms with van der Waals surface area (Å²) in [6, 6.07) is 4.72. The Hall–Kier alpha value is -3.99. The molecule has 0 spiro atoms. The molecular formula is C20H12F2N4O4S. The maximum atomic E-state index is 13.6. The summed E-state index contributed by atoms with van der Waals surface area (Å²) < 4.78 is 26.9. The number of nitrogens with one attached hydrogen (secondary N) is 1. The van der Waals surface area contributed by atoms with Gasteiger partial charge in [-0.25, -0.2) is 18.7 Å². The first-order valence-corrected chi connectivity index (χ1v) is 9.61. The third-order valence-electron chi connectivity index (χ3n) is 4.31. The van der Waals surface area contributed by atoms with E-state index in [9.17, 15) is 23.5 Å². The number of phenols is 1. The lowest BCUT2D eigenvalue weighted by Gasteiger charge is -2.12. The molecule has 2 aromatic heterocycles. The quantitative estimate of drug-likeness (QED) is 0.433. The van der Waals surface area contributed by atoms with Crippen LogP contribution in [0.3, 0.4) is 0 Å². The van der Waals surface area contributed by atoms with Crippen LogP contribution in [-0.2, 0) is 4.79 Å². The number of benzene rings is 2. The van der Waals surface area contributed by atoms with E-state index >= 15 is 0 Å². The van der Waals surface area contributed by atoms with Crippen molar-refractivity contribution in [3.63, 3.8) is 0 Å². The van der Waals surface area contributed by atoms with Crippen LogP contribution < -0.4 is 5.32 Å². The number of aromatic nitrogens is 3. The predicted molar refractivity (Wildman–Crippen MR) is 108 cm³/mol. The first-order valence-electron chi connectivity index (χ1n) is 8.73. The van der Waals surface area contributed by atoms with Crippen molar-refractivity contribution < 1.29 is 28.6 Å². The Bertz CT molecular complexity index is 1330. The van der Waals surface area contributed by atoms with E-state index < -0.39 is 35.8 Å². The number of carbonyl (C=O) groups is 2. The molecule has 0 aliphatic carbocycles. The predicted octanol–water partition coefficient (Wildman–Crippen LogP) is 3.22. The van der Waals surface area contributed by atoms with Crippen LogP contribution in [0.15, 0.2) is 42.0 Å². The fourth-order valence-corrected chi connectivity index (χ4v) is 3.58. The maximum absolute atomic E-state index is 13.6. The number of carboxylic acid groups (broad SMARTS) is 1. The molecule has 0 bridgehead atoms. The second-order valence-corrected chi connectivity index (χ2v) is 7.21. The molecule has 1 amide bonds. The van der Waals surface area contributed by atoms with Gasteiger partial charge in [0.2, 0.25) is 0 Å². The molecule has 0 fully saturated rings. The summed E-state index contributed by atoms with van der Waals surface area (Å²) in [7, 11) is 0. The van der Waals surface area contributed by atoms with Gasteiger partial charge in [-0.1, -0.05) is 0 Å². The molecule has 4 rings (SSSR count). The highest BCUT2D eigenvalue weighted by Crippen LogP contribution is 2.38. The number of aromatic hydroxyl groups is 1. The lowest BCUT2D eigenvalue weighted by atomic mass is 10.0. The topological polar surface area (TPSA) is 125 Å². The molecule has 0 aliphatic rings. The normalized spacial score (nSPS) is 10.9. The molecular weight excluding hydrogens is 430 g/mol. The SMILES string of the molecule is O=C(O)CNC(=O)c1c(O)c(-c2nccs2)cc2nc(-c3ccc(F)c(F)c3)cnc12. The van der Waals surface area contributed by atoms with Gasteiger partial charge in [-0.3, -0.25) is 14.6 Å². The number of hydrogen-bond acceptors (Lipinski definition) is 7. The maximum Gasteiger partial charge on any atom is 0.322 e. The van der Waals surface area contributed by atoms with Crippen LogP contribution in [0.25, 0.3) is 32.9 Å². The average molecular weight is 442 g/mol. The Kier molecular flexibility index (Phi) is 5.26. The summed E-state index contributed by atoms with van der Waals surface area (Å²) in [6.07, 6.45) is 2.75. The minimum absolute atomic E-state index is 0.00651. The third kappa shape index (κ3) is 3.90. The number of rotatable bonds is 5. The van der Waals surface area contributed by atoms with Crippen molar-refractivity contribution in [2.75, 3.05) is 6.54 Å². The van der Waals surface area contributed by atoms with Gasteiger partial charge in [0.1, 0.15) is 28.4 Å². The summed E-state index contributed by atoms with van der Waals surface area (Å²) in [5, 5.41) is 23.8. The molecule has 4 aromatic rings. The fraction of sp³-hybridized carbons (Fsp3) is 0.0500. The van der Waals surface area contributed by atoms with Crippen molar-refractivity contribution in [2.45, 2.75) is 0 Å². The minimum Gasteiger partial charge on any atom is -0.506 e. The van der Waals surface area contributed by atoms with E-state index in [0.29, 0.717) is 5.01 Å². The van der Waals surface area contributed by atoms with E-state index in [1.165, 1.54) is 35.9 Å². The van der Waals surface area contributed by atoms with Gasteiger partial charge in [-0.15, -0.1) is 11.3 Å². The molecule has 0 radical (unpaired) electrons. The molecule has 156 valence electrons. The summed E-state index contributed by atoms with van der Waals surface area (Å²) in [5.41, 5.74) is 0.568. The lowest BCUT2D eigenvalue weighted by Crippen LogP contribution is -2.29. The highest BCUT2D eigenvalue weighted by Gasteiger charge is 2.23. The van der Waals surface area contributed by atoms with Gasteiger partial charge in [-0.2, -0.15) is 0 Å². The van der Waals surface area contributed by atoms with E-state index in [2.05, 4.69) is 20.3 Å². The Balaban J connectivity index is 1.92. The van der Waals surface area contributed by atoms with Crippen LogP contribution in [0.5, 0.6) is 5.75 Å². The molecule has 0 atom stereocenters. The highest BCUT2D eigenvalue weighted by molar-refractivity contribution is 7.13. The second kappa shape index (κ2) is 8.03. The number of carboxylic acids is 1. The standard InChI is InChI=1S/C20H12F2N4O4S/c21-11-2-1-9(5-12(11)22)14-7-24-17-13(26-14)6-10(20-23-3-4-31-20)18(29)16(17)19(30)25-8-15(27)28/h1-7,29H,8H2,(H,25,30)(H,27,28). The number of hydrogen-bond donors (Lipinski definition) is 3. The van der Waals surface area contributed by atoms with Crippen LogP contribution in [0.2, 0.25) is 0 Å². The number of nitrogens with zero attached hydrogens (tertiary/aromatic N) is 3. The Morgan fingerprint density at radius 1 is 1.13 bits per heavy atom. The van der Waals surface area contributed by atoms with Crippen LogP contribution in [0.1, 0.15) is 10.4 Å². The van der Waals surface area contributed by atoms with Crippen molar-refractivity contribution in [1.82, 2.24) is 20.3 Å². The second-order valence-electron chi connectivity index (χ2n) is 6.31. The summed E-state index contributed by atoms with van der Waals surface area (Å²) >= 11 is 1.21. The number of phenolic OH excluding ortho intramolecular Hbond substituents is 1. The molecule has 31 heavy (non-hydrogen) atoms. The molecule has 8 nitrogen and oxygen atoms in total. The van der Waals surface area contributed by atoms with Gasteiger partial charge >= 0.3 is 5.97 Å². The van der Waals surface area contributed by atoms with E-state index in [-0.39, 0.29) is 33.4 Å². The van der Waals surface area contributed by atoms with E-state index in [0.717, 1.165) is 12.1 Å². The summed E-state index contributed by atoms with van der Waals surface area (Å²) in [4.78, 5) is 36.1. The molecule has 0 saturated heterocycles. The zero-order valence-electron chi connectivity index (χ0n) is 15.5. The van der Waals surface area contributed by atoms with Crippen LogP contribution in [0, 0.1) is 11.6 Å². The van der Waals surface area contributed by atoms with Crippen molar-refractivity contribution in [3.8, 4) is 27.6 Å². The zero-order valence-corrected chi connectivity index (χ0v) is 16.3. The van der Waals surface area contributed by atoms with Crippen molar-refractivity contribution in [2.24, 2.45) is 0 Å². The van der Waals surface area contributed by atoms with Gasteiger partial charge < -0.3 is 15.5 Å². The zero-order chi connectivity index (χ0) is 22.1. The Labute approximate surface area is 176 Å². The number of aliphatic carboxylic acids is 1. The van der Waals surface area contributed by atoms with Crippen LogP contribution >= 0.6 is 11.3 Å². The number of fused-ring (bicyclic) bond motifs is 1. The number of thiazole rings is 1.